The second-order valence-corrected chi connectivity index (χ2v) is 5.68. The first kappa shape index (κ1) is 16.8. The fourth-order valence-electron chi connectivity index (χ4n) is 2.62. The van der Waals surface area contributed by atoms with Crippen molar-refractivity contribution in [2.24, 2.45) is 0 Å². The fourth-order valence-corrected chi connectivity index (χ4v) is 2.62. The number of carbonyl (C=O) groups is 1. The van der Waals surface area contributed by atoms with Crippen LogP contribution in [-0.2, 0) is 9.53 Å². The standard InChI is InChI=1S/C21H20O4/c1-4-24-18-9-7-16(8-10-18)20-13-17(21(22)25-20)11-15-6-5-14(2)19(12-15)23-3/h5-13H,4H2,1-3H3/b17-11+. The van der Waals surface area contributed by atoms with Crippen LogP contribution in [0.2, 0.25) is 0 Å². The summed E-state index contributed by atoms with van der Waals surface area (Å²) in [5, 5.41) is 0. The van der Waals surface area contributed by atoms with Crippen molar-refractivity contribution in [2.45, 2.75) is 13.8 Å². The van der Waals surface area contributed by atoms with Crippen molar-refractivity contribution in [3.8, 4) is 11.5 Å². The Hall–Kier alpha value is -3.01. The summed E-state index contributed by atoms with van der Waals surface area (Å²) in [5.74, 6) is 1.76. The summed E-state index contributed by atoms with van der Waals surface area (Å²) in [6, 6.07) is 13.3. The molecule has 0 N–H and O–H groups in total. The number of cyclic esters (lactones) is 1. The molecule has 4 nitrogen and oxygen atoms in total. The van der Waals surface area contributed by atoms with Gasteiger partial charge in [-0.2, -0.15) is 0 Å². The smallest absolute Gasteiger partial charge is 0.343 e. The van der Waals surface area contributed by atoms with Gasteiger partial charge < -0.3 is 14.2 Å². The van der Waals surface area contributed by atoms with Crippen LogP contribution in [0.1, 0.15) is 23.6 Å². The third-order valence-corrected chi connectivity index (χ3v) is 3.93. The lowest BCUT2D eigenvalue weighted by atomic mass is 10.1. The van der Waals surface area contributed by atoms with E-state index in [0.717, 1.165) is 28.2 Å². The van der Waals surface area contributed by atoms with Gasteiger partial charge in [0, 0.05) is 5.56 Å². The Morgan fingerprint density at radius 3 is 2.56 bits per heavy atom. The van der Waals surface area contributed by atoms with E-state index in [1.807, 2.05) is 56.3 Å². The molecule has 25 heavy (non-hydrogen) atoms. The highest BCUT2D eigenvalue weighted by Crippen LogP contribution is 2.29. The summed E-state index contributed by atoms with van der Waals surface area (Å²) < 4.78 is 16.1. The summed E-state index contributed by atoms with van der Waals surface area (Å²) in [7, 11) is 1.63. The van der Waals surface area contributed by atoms with Gasteiger partial charge in [-0.1, -0.05) is 12.1 Å². The van der Waals surface area contributed by atoms with E-state index in [2.05, 4.69) is 0 Å². The minimum absolute atomic E-state index is 0.358. The lowest BCUT2D eigenvalue weighted by molar-refractivity contribution is -0.130. The number of methoxy groups -OCH3 is 1. The first-order valence-corrected chi connectivity index (χ1v) is 8.14. The van der Waals surface area contributed by atoms with E-state index >= 15 is 0 Å². The van der Waals surface area contributed by atoms with Gasteiger partial charge in [-0.25, -0.2) is 4.79 Å². The van der Waals surface area contributed by atoms with Crippen LogP contribution in [0, 0.1) is 6.92 Å². The Labute approximate surface area is 147 Å². The molecular weight excluding hydrogens is 316 g/mol. The summed E-state index contributed by atoms with van der Waals surface area (Å²) in [5.41, 5.74) is 3.28. The van der Waals surface area contributed by atoms with Crippen LogP contribution in [0.4, 0.5) is 0 Å². The van der Waals surface area contributed by atoms with Gasteiger partial charge in [0.1, 0.15) is 17.3 Å². The van der Waals surface area contributed by atoms with Crippen molar-refractivity contribution in [3.05, 3.63) is 70.8 Å². The Balaban J connectivity index is 1.86. The van der Waals surface area contributed by atoms with Gasteiger partial charge in [-0.3, -0.25) is 0 Å². The molecule has 0 bridgehead atoms. The molecule has 0 saturated carbocycles. The second kappa shape index (κ2) is 7.26. The topological polar surface area (TPSA) is 44.8 Å². The van der Waals surface area contributed by atoms with Crippen molar-refractivity contribution in [1.29, 1.82) is 0 Å². The highest BCUT2D eigenvalue weighted by Gasteiger charge is 2.22. The summed E-state index contributed by atoms with van der Waals surface area (Å²) in [4.78, 5) is 12.2. The van der Waals surface area contributed by atoms with Gasteiger partial charge in [-0.15, -0.1) is 0 Å². The quantitative estimate of drug-likeness (QED) is 0.600. The minimum Gasteiger partial charge on any atom is -0.496 e. The average Bonchev–Trinajstić information content (AvgIpc) is 2.98. The van der Waals surface area contributed by atoms with Crippen LogP contribution in [-0.4, -0.2) is 19.7 Å². The Morgan fingerprint density at radius 1 is 1.12 bits per heavy atom. The number of benzene rings is 2. The highest BCUT2D eigenvalue weighted by atomic mass is 16.5. The van der Waals surface area contributed by atoms with Crippen molar-refractivity contribution >= 4 is 17.8 Å². The summed E-state index contributed by atoms with van der Waals surface area (Å²) in [6.45, 7) is 4.53. The van der Waals surface area contributed by atoms with E-state index in [1.165, 1.54) is 0 Å². The van der Waals surface area contributed by atoms with Crippen LogP contribution in [0.25, 0.3) is 11.8 Å². The Morgan fingerprint density at radius 2 is 1.88 bits per heavy atom. The molecule has 0 aromatic heterocycles. The van der Waals surface area contributed by atoms with E-state index < -0.39 is 0 Å². The predicted molar refractivity (Wildman–Crippen MR) is 97.4 cm³/mol. The van der Waals surface area contributed by atoms with E-state index in [9.17, 15) is 4.79 Å². The number of esters is 1. The van der Waals surface area contributed by atoms with E-state index in [-0.39, 0.29) is 5.97 Å². The lowest BCUT2D eigenvalue weighted by Crippen LogP contribution is -1.97. The molecule has 0 spiro atoms. The summed E-state index contributed by atoms with van der Waals surface area (Å²) in [6.07, 6.45) is 3.55. The molecule has 0 aliphatic carbocycles. The first-order chi connectivity index (χ1) is 12.1. The zero-order valence-corrected chi connectivity index (χ0v) is 14.5. The molecule has 128 valence electrons. The largest absolute Gasteiger partial charge is 0.496 e. The molecule has 4 heteroatoms. The maximum Gasteiger partial charge on any atom is 0.343 e. The third kappa shape index (κ3) is 3.74. The van der Waals surface area contributed by atoms with Gasteiger partial charge in [0.2, 0.25) is 0 Å². The molecule has 0 amide bonds. The number of hydrogen-bond acceptors (Lipinski definition) is 4. The number of rotatable bonds is 5. The van der Waals surface area contributed by atoms with Crippen LogP contribution in [0.3, 0.4) is 0 Å². The van der Waals surface area contributed by atoms with Crippen molar-refractivity contribution in [2.75, 3.05) is 13.7 Å². The molecule has 0 fully saturated rings. The van der Waals surface area contributed by atoms with Crippen LogP contribution >= 0.6 is 0 Å². The van der Waals surface area contributed by atoms with E-state index in [1.54, 1.807) is 19.3 Å². The van der Waals surface area contributed by atoms with Crippen LogP contribution in [0.15, 0.2) is 54.1 Å². The Kier molecular flexibility index (Phi) is 4.89. The molecule has 2 aromatic carbocycles. The lowest BCUT2D eigenvalue weighted by Gasteiger charge is -2.05. The molecule has 0 unspecified atom stereocenters. The molecule has 2 aromatic rings. The molecule has 0 radical (unpaired) electrons. The SMILES string of the molecule is CCOc1ccc(C2=C/C(=C\c3ccc(C)c(OC)c3)C(=O)O2)cc1. The first-order valence-electron chi connectivity index (χ1n) is 8.14. The van der Waals surface area contributed by atoms with Crippen molar-refractivity contribution in [3.63, 3.8) is 0 Å². The number of ether oxygens (including phenoxy) is 3. The zero-order valence-electron chi connectivity index (χ0n) is 14.5. The molecule has 1 aliphatic rings. The molecular formula is C21H20O4. The van der Waals surface area contributed by atoms with Gasteiger partial charge in [0.25, 0.3) is 0 Å². The van der Waals surface area contributed by atoms with Crippen molar-refractivity contribution in [1.82, 2.24) is 0 Å². The maximum atomic E-state index is 12.2. The molecule has 0 atom stereocenters. The van der Waals surface area contributed by atoms with Gasteiger partial charge in [-0.05, 0) is 67.5 Å². The van der Waals surface area contributed by atoms with E-state index in [4.69, 9.17) is 14.2 Å². The molecule has 3 rings (SSSR count). The predicted octanol–water partition coefficient (Wildman–Crippen LogP) is 4.38. The average molecular weight is 336 g/mol. The highest BCUT2D eigenvalue weighted by molar-refractivity contribution is 6.05. The zero-order chi connectivity index (χ0) is 17.8. The minimum atomic E-state index is -0.358. The number of aryl methyl sites for hydroxylation is 1. The van der Waals surface area contributed by atoms with Gasteiger partial charge in [0.05, 0.1) is 19.3 Å². The monoisotopic (exact) mass is 336 g/mol. The van der Waals surface area contributed by atoms with Gasteiger partial charge in [0.15, 0.2) is 0 Å². The van der Waals surface area contributed by atoms with Crippen LogP contribution in [0.5, 0.6) is 11.5 Å². The van der Waals surface area contributed by atoms with Crippen molar-refractivity contribution < 1.29 is 19.0 Å². The third-order valence-electron chi connectivity index (χ3n) is 3.93. The number of carbonyl (C=O) groups excluding carboxylic acids is 1. The molecule has 0 saturated heterocycles. The molecule has 1 aliphatic heterocycles. The summed E-state index contributed by atoms with van der Waals surface area (Å²) >= 11 is 0. The number of hydrogen-bond donors (Lipinski definition) is 0. The van der Waals surface area contributed by atoms with Gasteiger partial charge >= 0.3 is 5.97 Å². The maximum absolute atomic E-state index is 12.2. The van der Waals surface area contributed by atoms with E-state index in [0.29, 0.717) is 17.9 Å². The second-order valence-electron chi connectivity index (χ2n) is 5.68. The van der Waals surface area contributed by atoms with Crippen LogP contribution < -0.4 is 9.47 Å². The molecule has 1 heterocycles. The Bertz CT molecular complexity index is 845. The normalized spacial score (nSPS) is 15.1. The fraction of sp³-hybridized carbons (Fsp3) is 0.190.